The number of carboxylic acid groups (broad SMARTS) is 1. The molecule has 0 heterocycles. The average molecular weight is 317 g/mol. The number of benzene rings is 1. The highest BCUT2D eigenvalue weighted by atomic mass is 19.1. The molecule has 1 aliphatic carbocycles. The van der Waals surface area contributed by atoms with Crippen LogP contribution in [0.1, 0.15) is 45.1 Å². The molecule has 3 nitrogen and oxygen atoms in total. The lowest BCUT2D eigenvalue weighted by molar-refractivity contribution is -0.138. The van der Waals surface area contributed by atoms with Gasteiger partial charge in [-0.1, -0.05) is 13.0 Å². The second-order valence-corrected chi connectivity index (χ2v) is 6.41. The second kappa shape index (κ2) is 7.53. The lowest BCUT2D eigenvalue weighted by Crippen LogP contribution is -2.25. The molecule has 0 aliphatic heterocycles. The van der Waals surface area contributed by atoms with Crippen molar-refractivity contribution in [2.75, 3.05) is 0 Å². The zero-order valence-electron chi connectivity index (χ0n) is 13.8. The number of hydrogen-bond acceptors (Lipinski definition) is 2. The van der Waals surface area contributed by atoms with Crippen LogP contribution in [-0.4, -0.2) is 17.8 Å². The van der Waals surface area contributed by atoms with Crippen LogP contribution in [0.5, 0.6) is 0 Å². The maximum Gasteiger partial charge on any atom is 0.303 e. The van der Waals surface area contributed by atoms with E-state index in [9.17, 15) is 9.18 Å². The first-order valence-electron chi connectivity index (χ1n) is 8.10. The number of rotatable bonds is 5. The van der Waals surface area contributed by atoms with Gasteiger partial charge in [0.05, 0.1) is 5.69 Å². The highest BCUT2D eigenvalue weighted by Gasteiger charge is 2.31. The van der Waals surface area contributed by atoms with Crippen molar-refractivity contribution in [3.8, 4) is 0 Å². The fourth-order valence-electron chi connectivity index (χ4n) is 3.76. The van der Waals surface area contributed by atoms with Gasteiger partial charge in [0.1, 0.15) is 5.82 Å². The minimum Gasteiger partial charge on any atom is -0.481 e. The van der Waals surface area contributed by atoms with E-state index in [2.05, 4.69) is 18.6 Å². The summed E-state index contributed by atoms with van der Waals surface area (Å²) in [5, 5.41) is 9.01. The molecule has 1 aromatic carbocycles. The molecule has 23 heavy (non-hydrogen) atoms. The van der Waals surface area contributed by atoms with Crippen LogP contribution < -0.4 is 0 Å². The summed E-state index contributed by atoms with van der Waals surface area (Å²) >= 11 is 0. The van der Waals surface area contributed by atoms with Gasteiger partial charge in [0.15, 0.2) is 0 Å². The minimum atomic E-state index is -0.727. The van der Waals surface area contributed by atoms with Crippen LogP contribution in [-0.2, 0) is 4.79 Å². The summed E-state index contributed by atoms with van der Waals surface area (Å²) in [6.45, 7) is 7.65. The summed E-state index contributed by atoms with van der Waals surface area (Å²) in [5.41, 5.74) is 2.59. The van der Waals surface area contributed by atoms with E-state index in [0.29, 0.717) is 17.5 Å². The topological polar surface area (TPSA) is 49.7 Å². The normalized spacial score (nSPS) is 25.2. The molecular formula is C19H24FNO2. The Hall–Kier alpha value is -1.97. The number of hydrogen-bond donors (Lipinski definition) is 1. The van der Waals surface area contributed by atoms with Crippen molar-refractivity contribution < 1.29 is 14.3 Å². The molecule has 3 atom stereocenters. The van der Waals surface area contributed by atoms with E-state index in [0.717, 1.165) is 30.4 Å². The number of allylic oxidation sites excluding steroid dienone is 2. The fourth-order valence-corrected chi connectivity index (χ4v) is 3.76. The third-order valence-corrected chi connectivity index (χ3v) is 4.97. The Morgan fingerprint density at radius 1 is 1.48 bits per heavy atom. The van der Waals surface area contributed by atoms with Crippen LogP contribution in [0.3, 0.4) is 0 Å². The predicted molar refractivity (Wildman–Crippen MR) is 91.5 cm³/mol. The Morgan fingerprint density at radius 2 is 2.22 bits per heavy atom. The molecule has 124 valence electrons. The Bertz CT molecular complexity index is 624. The molecule has 0 amide bonds. The van der Waals surface area contributed by atoms with E-state index in [1.165, 1.54) is 12.1 Å². The van der Waals surface area contributed by atoms with Crippen LogP contribution in [0.25, 0.3) is 5.57 Å². The summed E-state index contributed by atoms with van der Waals surface area (Å²) in [6, 6.07) is 4.57. The summed E-state index contributed by atoms with van der Waals surface area (Å²) in [7, 11) is 0. The first-order valence-corrected chi connectivity index (χ1v) is 8.10. The Morgan fingerprint density at radius 3 is 2.78 bits per heavy atom. The Labute approximate surface area is 136 Å². The largest absolute Gasteiger partial charge is 0.481 e. The lowest BCUT2D eigenvalue weighted by atomic mass is 9.70. The maximum atomic E-state index is 13.7. The van der Waals surface area contributed by atoms with Crippen molar-refractivity contribution in [3.63, 3.8) is 0 Å². The van der Waals surface area contributed by atoms with E-state index in [4.69, 9.17) is 5.11 Å². The van der Waals surface area contributed by atoms with E-state index in [1.54, 1.807) is 6.07 Å². The smallest absolute Gasteiger partial charge is 0.303 e. The molecule has 1 aliphatic rings. The van der Waals surface area contributed by atoms with E-state index >= 15 is 0 Å². The van der Waals surface area contributed by atoms with Crippen LogP contribution in [0.2, 0.25) is 0 Å². The molecule has 0 bridgehead atoms. The van der Waals surface area contributed by atoms with Gasteiger partial charge in [-0.15, -0.1) is 0 Å². The molecule has 0 spiro atoms. The standard InChI is InChI=1S/C19H24FNO2/c1-4-16(17-11-15(20)7-8-18(17)21-3)14-6-5-13(10-19(22)23)12(2)9-14/h4,7-8,11-14H,3,5-6,9-10H2,1-2H3,(H,22,23)/b16-4-. The number of aliphatic imine (C=N–C) groups is 1. The molecule has 3 unspecified atom stereocenters. The molecule has 0 radical (unpaired) electrons. The fraction of sp³-hybridized carbons (Fsp3) is 0.474. The van der Waals surface area contributed by atoms with Crippen molar-refractivity contribution >= 4 is 23.9 Å². The lowest BCUT2D eigenvalue weighted by Gasteiger charge is -2.35. The van der Waals surface area contributed by atoms with Gasteiger partial charge in [0.25, 0.3) is 0 Å². The van der Waals surface area contributed by atoms with Gasteiger partial charge in [-0.25, -0.2) is 4.39 Å². The second-order valence-electron chi connectivity index (χ2n) is 6.41. The molecule has 2 rings (SSSR count). The third-order valence-electron chi connectivity index (χ3n) is 4.97. The first-order chi connectivity index (χ1) is 11.0. The molecule has 0 saturated heterocycles. The molecule has 1 saturated carbocycles. The summed E-state index contributed by atoms with van der Waals surface area (Å²) in [4.78, 5) is 15.0. The van der Waals surface area contributed by atoms with Gasteiger partial charge in [0.2, 0.25) is 0 Å². The van der Waals surface area contributed by atoms with Gasteiger partial charge < -0.3 is 5.11 Å². The van der Waals surface area contributed by atoms with Gasteiger partial charge >= 0.3 is 5.97 Å². The molecular weight excluding hydrogens is 293 g/mol. The number of carboxylic acids is 1. The third kappa shape index (κ3) is 4.06. The monoisotopic (exact) mass is 317 g/mol. The zero-order chi connectivity index (χ0) is 17.0. The van der Waals surface area contributed by atoms with E-state index in [-0.39, 0.29) is 18.2 Å². The molecule has 4 heteroatoms. The minimum absolute atomic E-state index is 0.228. The van der Waals surface area contributed by atoms with Crippen molar-refractivity contribution in [2.24, 2.45) is 22.7 Å². The zero-order valence-corrected chi connectivity index (χ0v) is 13.8. The first kappa shape index (κ1) is 17.4. The van der Waals surface area contributed by atoms with Crippen LogP contribution in [0, 0.1) is 23.6 Å². The van der Waals surface area contributed by atoms with Gasteiger partial charge in [-0.05, 0) is 74.4 Å². The summed E-state index contributed by atoms with van der Waals surface area (Å²) in [5.74, 6) is -0.128. The predicted octanol–water partition coefficient (Wildman–Crippen LogP) is 5.09. The number of carbonyl (C=O) groups is 1. The van der Waals surface area contributed by atoms with Crippen molar-refractivity contribution in [2.45, 2.75) is 39.5 Å². The van der Waals surface area contributed by atoms with Crippen molar-refractivity contribution in [3.05, 3.63) is 35.7 Å². The number of nitrogens with zero attached hydrogens (tertiary/aromatic N) is 1. The maximum absolute atomic E-state index is 13.7. The van der Waals surface area contributed by atoms with Crippen molar-refractivity contribution in [1.82, 2.24) is 0 Å². The molecule has 1 N–H and O–H groups in total. The van der Waals surface area contributed by atoms with Crippen LogP contribution >= 0.6 is 0 Å². The quantitative estimate of drug-likeness (QED) is 0.769. The van der Waals surface area contributed by atoms with E-state index in [1.807, 2.05) is 13.0 Å². The molecule has 0 aromatic heterocycles. The van der Waals surface area contributed by atoms with Crippen LogP contribution in [0.15, 0.2) is 29.3 Å². The van der Waals surface area contributed by atoms with Gasteiger partial charge in [-0.3, -0.25) is 9.79 Å². The Balaban J connectivity index is 2.22. The van der Waals surface area contributed by atoms with Crippen LogP contribution in [0.4, 0.5) is 10.1 Å². The van der Waals surface area contributed by atoms with Crippen molar-refractivity contribution in [1.29, 1.82) is 0 Å². The van der Waals surface area contributed by atoms with Gasteiger partial charge in [0, 0.05) is 12.0 Å². The molecule has 1 aromatic rings. The highest BCUT2D eigenvalue weighted by molar-refractivity contribution is 5.77. The van der Waals surface area contributed by atoms with Gasteiger partial charge in [-0.2, -0.15) is 0 Å². The average Bonchev–Trinajstić information content (AvgIpc) is 2.50. The number of halogens is 1. The Kier molecular flexibility index (Phi) is 5.69. The number of aliphatic carboxylic acids is 1. The highest BCUT2D eigenvalue weighted by Crippen LogP contribution is 2.43. The SMILES string of the molecule is C=Nc1ccc(F)cc1/C(=C\C)C1CCC(CC(=O)O)C(C)C1. The summed E-state index contributed by atoms with van der Waals surface area (Å²) < 4.78 is 13.7. The molecule has 1 fully saturated rings. The summed E-state index contributed by atoms with van der Waals surface area (Å²) in [6.07, 6.45) is 5.00. The van der Waals surface area contributed by atoms with E-state index < -0.39 is 5.97 Å².